The summed E-state index contributed by atoms with van der Waals surface area (Å²) in [6, 6.07) is 9.06. The largest absolute Gasteiger partial charge is 0.427 e. The molecule has 0 saturated heterocycles. The van der Waals surface area contributed by atoms with Gasteiger partial charge in [0.1, 0.15) is 11.5 Å². The van der Waals surface area contributed by atoms with Gasteiger partial charge in [-0.1, -0.05) is 26.8 Å². The Morgan fingerprint density at radius 3 is 2.05 bits per heavy atom. The fourth-order valence-corrected chi connectivity index (χ4v) is 2.43. The molecule has 0 aromatic heterocycles. The van der Waals surface area contributed by atoms with Gasteiger partial charge < -0.3 is 9.47 Å². The predicted octanol–water partition coefficient (Wildman–Crippen LogP) is 3.99. The van der Waals surface area contributed by atoms with Gasteiger partial charge >= 0.3 is 11.9 Å². The molecule has 116 valence electrons. The van der Waals surface area contributed by atoms with Crippen molar-refractivity contribution in [2.45, 2.75) is 40.0 Å². The lowest BCUT2D eigenvalue weighted by molar-refractivity contribution is -0.132. The van der Waals surface area contributed by atoms with E-state index in [1.165, 1.54) is 13.8 Å². The summed E-state index contributed by atoms with van der Waals surface area (Å²) in [5.74, 6) is 0.247. The molecule has 0 amide bonds. The van der Waals surface area contributed by atoms with Gasteiger partial charge in [-0.3, -0.25) is 9.59 Å². The summed E-state index contributed by atoms with van der Waals surface area (Å²) < 4.78 is 10.4. The third-order valence-electron chi connectivity index (χ3n) is 3.27. The normalized spacial score (nSPS) is 11.3. The number of hydrogen-bond acceptors (Lipinski definition) is 4. The van der Waals surface area contributed by atoms with Crippen molar-refractivity contribution in [3.8, 4) is 11.5 Å². The maximum atomic E-state index is 11.3. The molecule has 0 atom stereocenters. The van der Waals surface area contributed by atoms with Crippen molar-refractivity contribution in [1.29, 1.82) is 0 Å². The van der Waals surface area contributed by atoms with Crippen LogP contribution in [-0.4, -0.2) is 11.9 Å². The van der Waals surface area contributed by atoms with Crippen LogP contribution in [0.15, 0.2) is 30.3 Å². The summed E-state index contributed by atoms with van der Waals surface area (Å²) >= 11 is 0. The standard InChI is InChI=1S/C18H20O4/c1-11(19)21-13-6-7-14-15(10-13)16(18(3,4)5)8-9-17(14)22-12(2)20/h6-10H,1-5H3. The van der Waals surface area contributed by atoms with E-state index >= 15 is 0 Å². The third-order valence-corrected chi connectivity index (χ3v) is 3.27. The molecule has 0 bridgehead atoms. The van der Waals surface area contributed by atoms with Crippen LogP contribution in [0.1, 0.15) is 40.2 Å². The average molecular weight is 300 g/mol. The van der Waals surface area contributed by atoms with Crippen molar-refractivity contribution >= 4 is 22.7 Å². The minimum Gasteiger partial charge on any atom is -0.427 e. The molecule has 2 aromatic rings. The summed E-state index contributed by atoms with van der Waals surface area (Å²) in [5, 5.41) is 1.73. The molecule has 0 fully saturated rings. The van der Waals surface area contributed by atoms with Gasteiger partial charge in [0, 0.05) is 19.2 Å². The zero-order chi connectivity index (χ0) is 16.5. The highest BCUT2D eigenvalue weighted by molar-refractivity contribution is 5.94. The molecule has 0 aliphatic rings. The second kappa shape index (κ2) is 5.79. The molecular formula is C18H20O4. The fourth-order valence-electron chi connectivity index (χ4n) is 2.43. The SMILES string of the molecule is CC(=O)Oc1ccc2c(OC(C)=O)ccc(C(C)(C)C)c2c1. The van der Waals surface area contributed by atoms with Gasteiger partial charge in [-0.05, 0) is 40.6 Å². The molecule has 0 saturated carbocycles. The lowest BCUT2D eigenvalue weighted by Gasteiger charge is -2.22. The average Bonchev–Trinajstić information content (AvgIpc) is 2.35. The molecule has 0 unspecified atom stereocenters. The van der Waals surface area contributed by atoms with E-state index in [2.05, 4.69) is 20.8 Å². The van der Waals surface area contributed by atoms with E-state index in [-0.39, 0.29) is 17.4 Å². The van der Waals surface area contributed by atoms with Crippen LogP contribution in [0.25, 0.3) is 10.8 Å². The molecule has 0 aliphatic heterocycles. The van der Waals surface area contributed by atoms with Crippen LogP contribution >= 0.6 is 0 Å². The van der Waals surface area contributed by atoms with Gasteiger partial charge in [-0.15, -0.1) is 0 Å². The second-order valence-corrected chi connectivity index (χ2v) is 6.26. The Morgan fingerprint density at radius 1 is 0.864 bits per heavy atom. The van der Waals surface area contributed by atoms with Crippen molar-refractivity contribution in [1.82, 2.24) is 0 Å². The highest BCUT2D eigenvalue weighted by atomic mass is 16.5. The van der Waals surface area contributed by atoms with E-state index < -0.39 is 0 Å². The number of fused-ring (bicyclic) bond motifs is 1. The molecule has 4 heteroatoms. The summed E-state index contributed by atoms with van der Waals surface area (Å²) in [6.45, 7) is 9.05. The predicted molar refractivity (Wildman–Crippen MR) is 85.3 cm³/mol. The van der Waals surface area contributed by atoms with E-state index in [4.69, 9.17) is 9.47 Å². The first-order valence-corrected chi connectivity index (χ1v) is 7.12. The summed E-state index contributed by atoms with van der Waals surface area (Å²) in [5.41, 5.74) is 0.995. The van der Waals surface area contributed by atoms with Crippen LogP contribution in [-0.2, 0) is 15.0 Å². The van der Waals surface area contributed by atoms with Crippen molar-refractivity contribution in [3.63, 3.8) is 0 Å². The van der Waals surface area contributed by atoms with E-state index in [9.17, 15) is 9.59 Å². The van der Waals surface area contributed by atoms with E-state index in [1.54, 1.807) is 18.2 Å². The van der Waals surface area contributed by atoms with Gasteiger partial charge in [-0.2, -0.15) is 0 Å². The number of carbonyl (C=O) groups excluding carboxylic acids is 2. The number of benzene rings is 2. The topological polar surface area (TPSA) is 52.6 Å². The van der Waals surface area contributed by atoms with Gasteiger partial charge in [0.2, 0.25) is 0 Å². The lowest BCUT2D eigenvalue weighted by Crippen LogP contribution is -2.12. The van der Waals surface area contributed by atoms with Crippen LogP contribution in [0.4, 0.5) is 0 Å². The molecule has 2 aromatic carbocycles. The van der Waals surface area contributed by atoms with E-state index in [1.807, 2.05) is 12.1 Å². The Kier molecular flexibility index (Phi) is 4.22. The second-order valence-electron chi connectivity index (χ2n) is 6.26. The minimum atomic E-state index is -0.368. The minimum absolute atomic E-state index is 0.0954. The highest BCUT2D eigenvalue weighted by Gasteiger charge is 2.19. The lowest BCUT2D eigenvalue weighted by atomic mass is 9.83. The Balaban J connectivity index is 2.70. The van der Waals surface area contributed by atoms with Gasteiger partial charge in [-0.25, -0.2) is 0 Å². The molecule has 22 heavy (non-hydrogen) atoms. The Morgan fingerprint density at radius 2 is 1.50 bits per heavy atom. The number of esters is 2. The molecule has 0 aliphatic carbocycles. The van der Waals surface area contributed by atoms with Gasteiger partial charge in [0.05, 0.1) is 0 Å². The summed E-state index contributed by atoms with van der Waals surface area (Å²) in [4.78, 5) is 22.4. The van der Waals surface area contributed by atoms with Crippen molar-refractivity contribution < 1.29 is 19.1 Å². The van der Waals surface area contributed by atoms with Crippen LogP contribution < -0.4 is 9.47 Å². The molecule has 0 heterocycles. The monoisotopic (exact) mass is 300 g/mol. The summed E-state index contributed by atoms with van der Waals surface area (Å²) in [6.07, 6.45) is 0. The maximum absolute atomic E-state index is 11.3. The first-order valence-electron chi connectivity index (χ1n) is 7.12. The Labute approximate surface area is 130 Å². The zero-order valence-corrected chi connectivity index (χ0v) is 13.5. The molecule has 4 nitrogen and oxygen atoms in total. The van der Waals surface area contributed by atoms with Gasteiger partial charge in [0.15, 0.2) is 0 Å². The van der Waals surface area contributed by atoms with Crippen LogP contribution in [0, 0.1) is 0 Å². The van der Waals surface area contributed by atoms with Gasteiger partial charge in [0.25, 0.3) is 0 Å². The first-order chi connectivity index (χ1) is 10.2. The van der Waals surface area contributed by atoms with Crippen LogP contribution in [0.5, 0.6) is 11.5 Å². The maximum Gasteiger partial charge on any atom is 0.308 e. The quantitative estimate of drug-likeness (QED) is 0.621. The van der Waals surface area contributed by atoms with Crippen LogP contribution in [0.3, 0.4) is 0 Å². The molecular weight excluding hydrogens is 280 g/mol. The molecule has 0 radical (unpaired) electrons. The molecule has 0 spiro atoms. The van der Waals surface area contributed by atoms with Crippen molar-refractivity contribution in [2.24, 2.45) is 0 Å². The number of hydrogen-bond donors (Lipinski definition) is 0. The summed E-state index contributed by atoms with van der Waals surface area (Å²) in [7, 11) is 0. The zero-order valence-electron chi connectivity index (χ0n) is 13.5. The first kappa shape index (κ1) is 16.0. The smallest absolute Gasteiger partial charge is 0.308 e. The van der Waals surface area contributed by atoms with E-state index in [0.29, 0.717) is 11.5 Å². The Bertz CT molecular complexity index is 739. The number of rotatable bonds is 2. The molecule has 2 rings (SSSR count). The fraction of sp³-hybridized carbons (Fsp3) is 0.333. The van der Waals surface area contributed by atoms with Crippen LogP contribution in [0.2, 0.25) is 0 Å². The van der Waals surface area contributed by atoms with Crippen molar-refractivity contribution in [2.75, 3.05) is 0 Å². The number of carbonyl (C=O) groups is 2. The third kappa shape index (κ3) is 3.45. The highest BCUT2D eigenvalue weighted by Crippen LogP contribution is 2.37. The van der Waals surface area contributed by atoms with Crippen molar-refractivity contribution in [3.05, 3.63) is 35.9 Å². The number of ether oxygens (including phenoxy) is 2. The Hall–Kier alpha value is -2.36. The van der Waals surface area contributed by atoms with E-state index in [0.717, 1.165) is 16.3 Å². The molecule has 0 N–H and O–H groups in total.